The van der Waals surface area contributed by atoms with Crippen LogP contribution in [-0.4, -0.2) is 15.2 Å². The molecule has 3 rings (SSSR count). The van der Waals surface area contributed by atoms with Crippen LogP contribution >= 0.6 is 11.3 Å². The zero-order valence-corrected chi connectivity index (χ0v) is 11.0. The van der Waals surface area contributed by atoms with Gasteiger partial charge in [0.05, 0.1) is 0 Å². The van der Waals surface area contributed by atoms with E-state index in [2.05, 4.69) is 4.98 Å². The van der Waals surface area contributed by atoms with Gasteiger partial charge in [0.25, 0.3) is 5.56 Å². The van der Waals surface area contributed by atoms with Crippen molar-refractivity contribution in [2.75, 3.05) is 0 Å². The largest absolute Gasteiger partial charge is 0.287 e. The van der Waals surface area contributed by atoms with Crippen molar-refractivity contribution in [3.8, 4) is 0 Å². The van der Waals surface area contributed by atoms with Crippen molar-refractivity contribution in [3.63, 3.8) is 0 Å². The fourth-order valence-electron chi connectivity index (χ4n) is 1.93. The lowest BCUT2D eigenvalue weighted by Crippen LogP contribution is -2.18. The van der Waals surface area contributed by atoms with Crippen molar-refractivity contribution in [2.24, 2.45) is 0 Å². The van der Waals surface area contributed by atoms with Crippen LogP contribution in [0.2, 0.25) is 0 Å². The lowest BCUT2D eigenvalue weighted by Gasteiger charge is -2.01. The van der Waals surface area contributed by atoms with Crippen LogP contribution < -0.4 is 5.56 Å². The highest BCUT2D eigenvalue weighted by Gasteiger charge is 2.16. The molecule has 5 heteroatoms. The van der Waals surface area contributed by atoms with Gasteiger partial charge in [0, 0.05) is 22.7 Å². The van der Waals surface area contributed by atoms with E-state index in [1.807, 2.05) is 6.07 Å². The summed E-state index contributed by atoms with van der Waals surface area (Å²) in [6, 6.07) is 10.3. The van der Waals surface area contributed by atoms with Crippen LogP contribution in [0.1, 0.15) is 21.7 Å². The minimum Gasteiger partial charge on any atom is -0.287 e. The van der Waals surface area contributed by atoms with E-state index in [9.17, 15) is 9.59 Å². The number of rotatable bonds is 2. The number of carbonyl (C=O) groups excluding carboxylic acids is 1. The van der Waals surface area contributed by atoms with Gasteiger partial charge in [-0.05, 0) is 6.92 Å². The Balaban J connectivity index is 2.22. The molecule has 0 aliphatic heterocycles. The maximum Gasteiger partial charge on any atom is 0.259 e. The molecule has 0 fully saturated rings. The lowest BCUT2D eigenvalue weighted by atomic mass is 10.1. The molecule has 0 unspecified atom stereocenters. The molecule has 0 aliphatic rings. The Morgan fingerprint density at radius 2 is 2.00 bits per heavy atom. The molecule has 0 radical (unpaired) electrons. The molecule has 0 bridgehead atoms. The van der Waals surface area contributed by atoms with Crippen LogP contribution in [0.5, 0.6) is 0 Å². The van der Waals surface area contributed by atoms with E-state index in [0.717, 1.165) is 0 Å². The molecule has 0 amide bonds. The van der Waals surface area contributed by atoms with E-state index in [1.54, 1.807) is 36.6 Å². The van der Waals surface area contributed by atoms with Crippen molar-refractivity contribution < 1.29 is 4.79 Å². The number of fused-ring (bicyclic) bond motifs is 1. The van der Waals surface area contributed by atoms with E-state index >= 15 is 0 Å². The first-order valence-electron chi connectivity index (χ1n) is 5.74. The number of ketones is 1. The van der Waals surface area contributed by atoms with Gasteiger partial charge in [0.2, 0.25) is 5.78 Å². The van der Waals surface area contributed by atoms with Gasteiger partial charge in [-0.25, -0.2) is 9.38 Å². The number of hydrogen-bond donors (Lipinski definition) is 0. The Hall–Kier alpha value is -2.27. The quantitative estimate of drug-likeness (QED) is 0.671. The first-order valence-corrected chi connectivity index (χ1v) is 6.62. The molecule has 0 saturated carbocycles. The van der Waals surface area contributed by atoms with Gasteiger partial charge in [-0.2, -0.15) is 0 Å². The molecule has 2 heterocycles. The van der Waals surface area contributed by atoms with Crippen molar-refractivity contribution in [1.82, 2.24) is 9.38 Å². The summed E-state index contributed by atoms with van der Waals surface area (Å²) in [5, 5.41) is 1.68. The fourth-order valence-corrected chi connectivity index (χ4v) is 2.85. The maximum absolute atomic E-state index is 12.4. The second kappa shape index (κ2) is 4.44. The monoisotopic (exact) mass is 270 g/mol. The summed E-state index contributed by atoms with van der Waals surface area (Å²) in [6.45, 7) is 1.76. The molecule has 2 aromatic heterocycles. The summed E-state index contributed by atoms with van der Waals surface area (Å²) in [7, 11) is 0. The number of carbonyl (C=O) groups is 1. The van der Waals surface area contributed by atoms with Gasteiger partial charge in [-0.1, -0.05) is 30.3 Å². The topological polar surface area (TPSA) is 51.4 Å². The predicted molar refractivity (Wildman–Crippen MR) is 74.0 cm³/mol. The zero-order chi connectivity index (χ0) is 13.4. The number of nitrogens with zero attached hydrogens (tertiary/aromatic N) is 2. The van der Waals surface area contributed by atoms with Crippen LogP contribution in [0, 0.1) is 6.92 Å². The normalized spacial score (nSPS) is 10.8. The summed E-state index contributed by atoms with van der Waals surface area (Å²) >= 11 is 1.30. The molecule has 0 spiro atoms. The summed E-state index contributed by atoms with van der Waals surface area (Å²) in [5.74, 6) is -0.167. The Kier molecular flexibility index (Phi) is 2.76. The van der Waals surface area contributed by atoms with Gasteiger partial charge >= 0.3 is 0 Å². The third-order valence-electron chi connectivity index (χ3n) is 2.80. The van der Waals surface area contributed by atoms with Crippen LogP contribution in [0.25, 0.3) is 4.96 Å². The van der Waals surface area contributed by atoms with E-state index in [4.69, 9.17) is 0 Å². The number of hydrogen-bond acceptors (Lipinski definition) is 4. The number of aryl methyl sites for hydroxylation is 1. The Bertz CT molecular complexity index is 818. The Morgan fingerprint density at radius 3 is 2.74 bits per heavy atom. The third kappa shape index (κ3) is 1.98. The highest BCUT2D eigenvalue weighted by atomic mass is 32.1. The van der Waals surface area contributed by atoms with Gasteiger partial charge < -0.3 is 0 Å². The van der Waals surface area contributed by atoms with E-state index in [0.29, 0.717) is 21.9 Å². The number of thiazole rings is 1. The average molecular weight is 270 g/mol. The van der Waals surface area contributed by atoms with E-state index < -0.39 is 0 Å². The van der Waals surface area contributed by atoms with Gasteiger partial charge in [-0.3, -0.25) is 9.59 Å². The minimum absolute atomic E-state index is 0.167. The highest BCUT2D eigenvalue weighted by Crippen LogP contribution is 2.16. The molecular formula is C14H10N2O2S. The standard InChI is InChI=1S/C14H10N2O2S/c1-9-7-12(17)16-11(8-19-14(16)15-9)13(18)10-5-3-2-4-6-10/h2-8H,1H3. The third-order valence-corrected chi connectivity index (χ3v) is 3.63. The van der Waals surface area contributed by atoms with Crippen LogP contribution in [0.3, 0.4) is 0 Å². The van der Waals surface area contributed by atoms with Gasteiger partial charge in [0.1, 0.15) is 5.69 Å². The Labute approximate surface area is 113 Å². The smallest absolute Gasteiger partial charge is 0.259 e. The SMILES string of the molecule is Cc1cc(=O)n2c(C(=O)c3ccccc3)csc2n1. The molecule has 1 aromatic carbocycles. The van der Waals surface area contributed by atoms with Crippen molar-refractivity contribution in [1.29, 1.82) is 0 Å². The summed E-state index contributed by atoms with van der Waals surface area (Å²) in [4.78, 5) is 29.2. The van der Waals surface area contributed by atoms with Crippen LogP contribution in [0.4, 0.5) is 0 Å². The highest BCUT2D eigenvalue weighted by molar-refractivity contribution is 7.15. The lowest BCUT2D eigenvalue weighted by molar-refractivity contribution is 0.103. The first kappa shape index (κ1) is 11.8. The minimum atomic E-state index is -0.219. The van der Waals surface area contributed by atoms with Crippen molar-refractivity contribution in [3.05, 3.63) is 69.1 Å². The molecule has 3 aromatic rings. The average Bonchev–Trinajstić information content (AvgIpc) is 2.83. The molecule has 4 nitrogen and oxygen atoms in total. The fraction of sp³-hybridized carbons (Fsp3) is 0.0714. The van der Waals surface area contributed by atoms with E-state index in [1.165, 1.54) is 21.8 Å². The van der Waals surface area contributed by atoms with Gasteiger partial charge in [0.15, 0.2) is 4.96 Å². The zero-order valence-electron chi connectivity index (χ0n) is 10.2. The van der Waals surface area contributed by atoms with Crippen molar-refractivity contribution >= 4 is 22.1 Å². The number of benzene rings is 1. The molecule has 0 aliphatic carbocycles. The second-order valence-electron chi connectivity index (χ2n) is 4.17. The summed E-state index contributed by atoms with van der Waals surface area (Å²) in [6.07, 6.45) is 0. The number of aromatic nitrogens is 2. The van der Waals surface area contributed by atoms with Crippen LogP contribution in [-0.2, 0) is 0 Å². The molecule has 0 N–H and O–H groups in total. The van der Waals surface area contributed by atoms with Crippen molar-refractivity contribution in [2.45, 2.75) is 6.92 Å². The molecule has 0 atom stereocenters. The molecular weight excluding hydrogens is 260 g/mol. The van der Waals surface area contributed by atoms with E-state index in [-0.39, 0.29) is 11.3 Å². The van der Waals surface area contributed by atoms with Crippen LogP contribution in [0.15, 0.2) is 46.6 Å². The summed E-state index contributed by atoms with van der Waals surface area (Å²) in [5.41, 5.74) is 1.37. The summed E-state index contributed by atoms with van der Waals surface area (Å²) < 4.78 is 1.37. The molecule has 94 valence electrons. The second-order valence-corrected chi connectivity index (χ2v) is 5.01. The predicted octanol–water partition coefficient (Wildman–Crippen LogP) is 2.30. The van der Waals surface area contributed by atoms with Gasteiger partial charge in [-0.15, -0.1) is 11.3 Å². The molecule has 19 heavy (non-hydrogen) atoms. The first-order chi connectivity index (χ1) is 9.16. The Morgan fingerprint density at radius 1 is 1.26 bits per heavy atom. The molecule has 0 saturated heterocycles. The maximum atomic E-state index is 12.4.